The highest BCUT2D eigenvalue weighted by Gasteiger charge is 2.11. The van der Waals surface area contributed by atoms with Gasteiger partial charge in [-0.1, -0.05) is 12.1 Å². The molecule has 1 atom stereocenters. The molecule has 0 bridgehead atoms. The summed E-state index contributed by atoms with van der Waals surface area (Å²) in [4.78, 5) is 10.8. The van der Waals surface area contributed by atoms with Gasteiger partial charge in [0.25, 0.3) is 0 Å². The summed E-state index contributed by atoms with van der Waals surface area (Å²) in [5.74, 6) is 0. The van der Waals surface area contributed by atoms with E-state index >= 15 is 0 Å². The van der Waals surface area contributed by atoms with Gasteiger partial charge in [-0.2, -0.15) is 0 Å². The van der Waals surface area contributed by atoms with Crippen LogP contribution < -0.4 is 0 Å². The van der Waals surface area contributed by atoms with Gasteiger partial charge in [0, 0.05) is 31.2 Å². The summed E-state index contributed by atoms with van der Waals surface area (Å²) in [5, 5.41) is 0. The zero-order valence-electron chi connectivity index (χ0n) is 10.2. The van der Waals surface area contributed by atoms with Crippen molar-refractivity contribution in [3.63, 3.8) is 0 Å². The van der Waals surface area contributed by atoms with E-state index in [-0.39, 0.29) is 0 Å². The highest BCUT2D eigenvalue weighted by atomic mass is 15.1. The van der Waals surface area contributed by atoms with Crippen LogP contribution in [0.3, 0.4) is 0 Å². The lowest BCUT2D eigenvalue weighted by molar-refractivity contribution is 0.250. The van der Waals surface area contributed by atoms with E-state index in [0.717, 1.165) is 12.2 Å². The number of aromatic nitrogens is 2. The molecule has 2 aromatic heterocycles. The lowest BCUT2D eigenvalue weighted by Gasteiger charge is -2.24. The quantitative estimate of drug-likeness (QED) is 0.804. The molecular weight excluding hydrogens is 210 g/mol. The number of rotatable bonds is 4. The van der Waals surface area contributed by atoms with E-state index in [4.69, 9.17) is 0 Å². The number of pyridine rings is 2. The summed E-state index contributed by atoms with van der Waals surface area (Å²) in [6, 6.07) is 10.4. The fourth-order valence-corrected chi connectivity index (χ4v) is 1.76. The topological polar surface area (TPSA) is 29.0 Å². The normalized spacial score (nSPS) is 12.6. The van der Waals surface area contributed by atoms with Gasteiger partial charge in [0.2, 0.25) is 0 Å². The Hall–Kier alpha value is -1.74. The van der Waals surface area contributed by atoms with Crippen LogP contribution in [0, 0.1) is 0 Å². The van der Waals surface area contributed by atoms with Crippen molar-refractivity contribution in [3.05, 3.63) is 60.2 Å². The predicted molar refractivity (Wildman–Crippen MR) is 68.4 cm³/mol. The average Bonchev–Trinajstić information content (AvgIpc) is 2.40. The van der Waals surface area contributed by atoms with Crippen molar-refractivity contribution >= 4 is 0 Å². The summed E-state index contributed by atoms with van der Waals surface area (Å²) >= 11 is 0. The average molecular weight is 227 g/mol. The van der Waals surface area contributed by atoms with E-state index in [1.807, 2.05) is 36.7 Å². The first-order valence-corrected chi connectivity index (χ1v) is 5.77. The Balaban J connectivity index is 2.03. The molecule has 3 nitrogen and oxygen atoms in total. The molecule has 2 heterocycles. The van der Waals surface area contributed by atoms with Gasteiger partial charge < -0.3 is 0 Å². The van der Waals surface area contributed by atoms with Crippen molar-refractivity contribution in [2.75, 3.05) is 7.05 Å². The SMILES string of the molecule is C[C@@H](c1cccnc1)N(C)Cc1ccccn1. The van der Waals surface area contributed by atoms with Crippen LogP contribution in [0.1, 0.15) is 24.2 Å². The molecule has 0 fully saturated rings. The van der Waals surface area contributed by atoms with Crippen LogP contribution >= 0.6 is 0 Å². The summed E-state index contributed by atoms with van der Waals surface area (Å²) in [5.41, 5.74) is 2.32. The van der Waals surface area contributed by atoms with Gasteiger partial charge in [0.05, 0.1) is 5.69 Å². The minimum atomic E-state index is 0.339. The largest absolute Gasteiger partial charge is 0.294 e. The maximum absolute atomic E-state index is 4.34. The Morgan fingerprint density at radius 2 is 2.06 bits per heavy atom. The van der Waals surface area contributed by atoms with Crippen LogP contribution in [-0.2, 0) is 6.54 Å². The minimum Gasteiger partial charge on any atom is -0.294 e. The van der Waals surface area contributed by atoms with Crippen molar-refractivity contribution in [2.45, 2.75) is 19.5 Å². The first kappa shape index (κ1) is 11.7. The van der Waals surface area contributed by atoms with E-state index < -0.39 is 0 Å². The molecule has 0 aromatic carbocycles. The van der Waals surface area contributed by atoms with Gasteiger partial charge in [-0.3, -0.25) is 14.9 Å². The Morgan fingerprint density at radius 3 is 2.71 bits per heavy atom. The van der Waals surface area contributed by atoms with Crippen molar-refractivity contribution in [2.24, 2.45) is 0 Å². The molecule has 0 saturated heterocycles. The summed E-state index contributed by atoms with van der Waals surface area (Å²) < 4.78 is 0. The standard InChI is InChI=1S/C14H17N3/c1-12(13-6-5-8-15-10-13)17(2)11-14-7-3-4-9-16-14/h3-10,12H,11H2,1-2H3/t12-/m0/s1. The monoisotopic (exact) mass is 227 g/mol. The van der Waals surface area contributed by atoms with Gasteiger partial charge in [0.15, 0.2) is 0 Å². The van der Waals surface area contributed by atoms with E-state index in [2.05, 4.69) is 34.9 Å². The first-order valence-electron chi connectivity index (χ1n) is 5.77. The minimum absolute atomic E-state index is 0.339. The van der Waals surface area contributed by atoms with Crippen molar-refractivity contribution in [1.29, 1.82) is 0 Å². The van der Waals surface area contributed by atoms with E-state index in [9.17, 15) is 0 Å². The second kappa shape index (κ2) is 5.55. The number of hydrogen-bond donors (Lipinski definition) is 0. The molecule has 17 heavy (non-hydrogen) atoms. The smallest absolute Gasteiger partial charge is 0.0544 e. The van der Waals surface area contributed by atoms with Crippen LogP contribution in [0.5, 0.6) is 0 Å². The third-order valence-corrected chi connectivity index (χ3v) is 2.97. The van der Waals surface area contributed by atoms with Gasteiger partial charge in [0.1, 0.15) is 0 Å². The molecule has 0 aliphatic heterocycles. The molecule has 0 saturated carbocycles. The van der Waals surface area contributed by atoms with E-state index in [1.54, 1.807) is 6.20 Å². The van der Waals surface area contributed by atoms with Gasteiger partial charge in [-0.05, 0) is 37.7 Å². The fourth-order valence-electron chi connectivity index (χ4n) is 1.76. The Bertz CT molecular complexity index is 442. The molecule has 0 amide bonds. The first-order chi connectivity index (χ1) is 8.27. The molecule has 3 heteroatoms. The Morgan fingerprint density at radius 1 is 1.18 bits per heavy atom. The summed E-state index contributed by atoms with van der Waals surface area (Å²) in [7, 11) is 2.10. The Labute approximate surface area is 102 Å². The van der Waals surface area contributed by atoms with Crippen LogP contribution in [0.2, 0.25) is 0 Å². The maximum atomic E-state index is 4.34. The van der Waals surface area contributed by atoms with Crippen LogP contribution in [0.25, 0.3) is 0 Å². The predicted octanol–water partition coefficient (Wildman–Crippen LogP) is 2.67. The van der Waals surface area contributed by atoms with E-state index in [0.29, 0.717) is 6.04 Å². The lowest BCUT2D eigenvalue weighted by atomic mass is 10.1. The third-order valence-electron chi connectivity index (χ3n) is 2.97. The molecular formula is C14H17N3. The zero-order valence-corrected chi connectivity index (χ0v) is 10.2. The fraction of sp³-hybridized carbons (Fsp3) is 0.286. The van der Waals surface area contributed by atoms with Crippen LogP contribution in [0.4, 0.5) is 0 Å². The zero-order chi connectivity index (χ0) is 12.1. The molecule has 0 spiro atoms. The summed E-state index contributed by atoms with van der Waals surface area (Å²) in [6.45, 7) is 3.02. The van der Waals surface area contributed by atoms with Crippen LogP contribution in [0.15, 0.2) is 48.9 Å². The third kappa shape index (κ3) is 3.11. The molecule has 0 aliphatic carbocycles. The van der Waals surface area contributed by atoms with Crippen LogP contribution in [-0.4, -0.2) is 21.9 Å². The van der Waals surface area contributed by atoms with Crippen molar-refractivity contribution < 1.29 is 0 Å². The second-order valence-electron chi connectivity index (χ2n) is 4.20. The summed E-state index contributed by atoms with van der Waals surface area (Å²) in [6.07, 6.45) is 5.55. The van der Waals surface area contributed by atoms with Gasteiger partial charge >= 0.3 is 0 Å². The molecule has 0 aliphatic rings. The van der Waals surface area contributed by atoms with Gasteiger partial charge in [-0.25, -0.2) is 0 Å². The number of hydrogen-bond acceptors (Lipinski definition) is 3. The lowest BCUT2D eigenvalue weighted by Crippen LogP contribution is -2.22. The second-order valence-corrected chi connectivity index (χ2v) is 4.20. The Kier molecular flexibility index (Phi) is 3.83. The van der Waals surface area contributed by atoms with Gasteiger partial charge in [-0.15, -0.1) is 0 Å². The highest BCUT2D eigenvalue weighted by Crippen LogP contribution is 2.18. The van der Waals surface area contributed by atoms with Crippen molar-refractivity contribution in [1.82, 2.24) is 14.9 Å². The molecule has 2 rings (SSSR count). The maximum Gasteiger partial charge on any atom is 0.0544 e. The molecule has 0 unspecified atom stereocenters. The molecule has 88 valence electrons. The highest BCUT2D eigenvalue weighted by molar-refractivity contribution is 5.13. The molecule has 2 aromatic rings. The van der Waals surface area contributed by atoms with E-state index in [1.165, 1.54) is 5.56 Å². The molecule has 0 radical (unpaired) electrons. The molecule has 0 N–H and O–H groups in total. The number of nitrogens with zero attached hydrogens (tertiary/aromatic N) is 3. The van der Waals surface area contributed by atoms with Crippen molar-refractivity contribution in [3.8, 4) is 0 Å².